The lowest BCUT2D eigenvalue weighted by molar-refractivity contribution is -0.138. The highest BCUT2D eigenvalue weighted by atomic mass is 79.9. The highest BCUT2D eigenvalue weighted by Gasteiger charge is 2.36. The Kier molecular flexibility index (Phi) is 8.96. The predicted octanol–water partition coefficient (Wildman–Crippen LogP) is 6.68. The van der Waals surface area contributed by atoms with E-state index in [0.29, 0.717) is 16.3 Å². The standard InChI is InChI=1S/C27H17BrF3NO6S2/c1-36-22-9-15(5-8-20(22)37-14-24(34)38-21-12-18(28)7-6-16(21)13-33)10-23-25(35)32(26(39)40-23)19-4-2-3-17(11-19)27(29,30)31/h2-13H,14H2,1H3. The molecule has 0 saturated carbocycles. The molecule has 0 aliphatic carbocycles. The summed E-state index contributed by atoms with van der Waals surface area (Å²) in [7, 11) is 1.38. The summed E-state index contributed by atoms with van der Waals surface area (Å²) >= 11 is 9.46. The van der Waals surface area contributed by atoms with Crippen molar-refractivity contribution in [3.63, 3.8) is 0 Å². The van der Waals surface area contributed by atoms with Crippen LogP contribution in [0.1, 0.15) is 21.5 Å². The summed E-state index contributed by atoms with van der Waals surface area (Å²) < 4.78 is 56.2. The Morgan fingerprint density at radius 1 is 1.07 bits per heavy atom. The van der Waals surface area contributed by atoms with Crippen LogP contribution in [-0.2, 0) is 15.8 Å². The zero-order valence-electron chi connectivity index (χ0n) is 20.4. The number of aldehydes is 1. The summed E-state index contributed by atoms with van der Waals surface area (Å²) in [6.07, 6.45) is -2.49. The molecule has 7 nitrogen and oxygen atoms in total. The first kappa shape index (κ1) is 29.3. The fraction of sp³-hybridized carbons (Fsp3) is 0.111. The van der Waals surface area contributed by atoms with Crippen LogP contribution in [0.4, 0.5) is 18.9 Å². The first-order valence-corrected chi connectivity index (χ1v) is 13.2. The van der Waals surface area contributed by atoms with E-state index in [0.717, 1.165) is 28.8 Å². The van der Waals surface area contributed by atoms with E-state index >= 15 is 0 Å². The Hall–Kier alpha value is -3.68. The van der Waals surface area contributed by atoms with E-state index in [2.05, 4.69) is 15.9 Å². The Balaban J connectivity index is 1.47. The predicted molar refractivity (Wildman–Crippen MR) is 151 cm³/mol. The molecule has 4 rings (SSSR count). The molecule has 0 spiro atoms. The van der Waals surface area contributed by atoms with Gasteiger partial charge < -0.3 is 14.2 Å². The van der Waals surface area contributed by atoms with Gasteiger partial charge in [0, 0.05) is 4.47 Å². The van der Waals surface area contributed by atoms with Gasteiger partial charge in [-0.15, -0.1) is 0 Å². The van der Waals surface area contributed by atoms with Crippen LogP contribution in [-0.4, -0.2) is 36.2 Å². The third-order valence-corrected chi connectivity index (χ3v) is 7.18. The SMILES string of the molecule is COc1cc(C=C2SC(=S)N(c3cccc(C(F)(F)F)c3)C2=O)ccc1OCC(=O)Oc1cc(Br)ccc1C=O. The average Bonchev–Trinajstić information content (AvgIpc) is 3.19. The number of esters is 1. The number of halogens is 4. The van der Waals surface area contributed by atoms with Crippen molar-refractivity contribution < 1.29 is 41.8 Å². The normalized spacial score (nSPS) is 14.4. The highest BCUT2D eigenvalue weighted by molar-refractivity contribution is 9.10. The first-order chi connectivity index (χ1) is 19.0. The molecule has 1 aliphatic heterocycles. The molecule has 1 heterocycles. The van der Waals surface area contributed by atoms with Gasteiger partial charge in [0.25, 0.3) is 5.91 Å². The smallest absolute Gasteiger partial charge is 0.416 e. The van der Waals surface area contributed by atoms with E-state index in [4.69, 9.17) is 26.4 Å². The number of hydrogen-bond acceptors (Lipinski definition) is 8. The fourth-order valence-corrected chi connectivity index (χ4v) is 5.18. The Morgan fingerprint density at radius 2 is 1.85 bits per heavy atom. The maximum absolute atomic E-state index is 13.1. The van der Waals surface area contributed by atoms with Crippen molar-refractivity contribution in [2.75, 3.05) is 18.6 Å². The second kappa shape index (κ2) is 12.2. The summed E-state index contributed by atoms with van der Waals surface area (Å²) in [4.78, 5) is 37.8. The van der Waals surface area contributed by atoms with Crippen molar-refractivity contribution in [2.45, 2.75) is 6.18 Å². The van der Waals surface area contributed by atoms with Crippen LogP contribution in [0.2, 0.25) is 0 Å². The number of carbonyl (C=O) groups is 3. The van der Waals surface area contributed by atoms with Gasteiger partial charge in [-0.1, -0.05) is 52.0 Å². The fourth-order valence-electron chi connectivity index (χ4n) is 3.54. The molecule has 1 fully saturated rings. The number of nitrogens with zero attached hydrogens (tertiary/aromatic N) is 1. The van der Waals surface area contributed by atoms with Crippen molar-refractivity contribution in [1.29, 1.82) is 0 Å². The second-order valence-corrected chi connectivity index (χ2v) is 10.6. The lowest BCUT2D eigenvalue weighted by Gasteiger charge is -2.16. The van der Waals surface area contributed by atoms with Crippen LogP contribution in [0.3, 0.4) is 0 Å². The Bertz CT molecular complexity index is 1540. The monoisotopic (exact) mass is 651 g/mol. The van der Waals surface area contributed by atoms with Crippen LogP contribution >= 0.6 is 39.9 Å². The lowest BCUT2D eigenvalue weighted by atomic mass is 10.1. The molecule has 0 aromatic heterocycles. The van der Waals surface area contributed by atoms with Gasteiger partial charge in [0.15, 0.2) is 28.7 Å². The number of rotatable bonds is 8. The molecule has 0 atom stereocenters. The first-order valence-electron chi connectivity index (χ1n) is 11.2. The molecule has 1 saturated heterocycles. The number of alkyl halides is 3. The number of thioether (sulfide) groups is 1. The van der Waals surface area contributed by atoms with Crippen molar-refractivity contribution in [1.82, 2.24) is 0 Å². The number of hydrogen-bond donors (Lipinski definition) is 0. The topological polar surface area (TPSA) is 82.1 Å². The molecule has 0 radical (unpaired) electrons. The number of methoxy groups -OCH3 is 1. The molecule has 13 heteroatoms. The van der Waals surface area contributed by atoms with Crippen molar-refractivity contribution in [2.24, 2.45) is 0 Å². The van der Waals surface area contributed by atoms with Crippen LogP contribution in [0, 0.1) is 0 Å². The van der Waals surface area contributed by atoms with E-state index in [-0.39, 0.29) is 37.7 Å². The zero-order valence-corrected chi connectivity index (χ0v) is 23.6. The van der Waals surface area contributed by atoms with Gasteiger partial charge in [-0.2, -0.15) is 13.2 Å². The van der Waals surface area contributed by atoms with Gasteiger partial charge in [0.1, 0.15) is 5.75 Å². The molecule has 1 amide bonds. The summed E-state index contributed by atoms with van der Waals surface area (Å²) in [5.41, 5.74) is -0.178. The van der Waals surface area contributed by atoms with E-state index < -0.39 is 30.2 Å². The van der Waals surface area contributed by atoms with Crippen LogP contribution in [0.15, 0.2) is 70.0 Å². The minimum atomic E-state index is -4.57. The molecule has 40 heavy (non-hydrogen) atoms. The molecule has 3 aromatic carbocycles. The molecule has 206 valence electrons. The summed E-state index contributed by atoms with van der Waals surface area (Å²) in [5.74, 6) is -0.809. The zero-order chi connectivity index (χ0) is 29.0. The van der Waals surface area contributed by atoms with Gasteiger partial charge in [0.05, 0.1) is 28.8 Å². The van der Waals surface area contributed by atoms with E-state index in [1.54, 1.807) is 18.2 Å². The molecule has 0 N–H and O–H groups in total. The third-order valence-electron chi connectivity index (χ3n) is 5.38. The van der Waals surface area contributed by atoms with Crippen molar-refractivity contribution >= 4 is 74.2 Å². The van der Waals surface area contributed by atoms with Crippen LogP contribution < -0.4 is 19.1 Å². The van der Waals surface area contributed by atoms with Crippen molar-refractivity contribution in [3.8, 4) is 17.2 Å². The molecule has 0 unspecified atom stereocenters. The number of ether oxygens (including phenoxy) is 3. The molecule has 3 aromatic rings. The molecule has 0 bridgehead atoms. The summed E-state index contributed by atoms with van der Waals surface area (Å²) in [6.45, 7) is -0.490. The van der Waals surface area contributed by atoms with Gasteiger partial charge in [-0.05, 0) is 60.2 Å². The number of amides is 1. The highest BCUT2D eigenvalue weighted by Crippen LogP contribution is 2.39. The third kappa shape index (κ3) is 6.72. The maximum atomic E-state index is 13.1. The number of benzene rings is 3. The van der Waals surface area contributed by atoms with Crippen LogP contribution in [0.5, 0.6) is 17.2 Å². The van der Waals surface area contributed by atoms with E-state index in [9.17, 15) is 27.6 Å². The Morgan fingerprint density at radius 3 is 2.55 bits per heavy atom. The Labute approximate surface area is 244 Å². The lowest BCUT2D eigenvalue weighted by Crippen LogP contribution is -2.27. The summed E-state index contributed by atoms with van der Waals surface area (Å²) in [5, 5.41) is 0. The maximum Gasteiger partial charge on any atom is 0.416 e. The number of carbonyl (C=O) groups excluding carboxylic acids is 3. The number of anilines is 1. The quantitative estimate of drug-likeness (QED) is 0.0877. The molecular formula is C27H17BrF3NO6S2. The minimum absolute atomic E-state index is 0.0112. The largest absolute Gasteiger partial charge is 0.493 e. The number of thiocarbonyl (C=S) groups is 1. The van der Waals surface area contributed by atoms with E-state index in [1.807, 2.05) is 0 Å². The molecular weight excluding hydrogens is 635 g/mol. The molecule has 1 aliphatic rings. The van der Waals surface area contributed by atoms with Gasteiger partial charge in [0.2, 0.25) is 0 Å². The van der Waals surface area contributed by atoms with Crippen molar-refractivity contribution in [3.05, 3.63) is 86.7 Å². The van der Waals surface area contributed by atoms with E-state index in [1.165, 1.54) is 43.5 Å². The van der Waals surface area contributed by atoms with Gasteiger partial charge in [-0.3, -0.25) is 14.5 Å². The summed E-state index contributed by atoms with van der Waals surface area (Å²) in [6, 6.07) is 13.6. The average molecular weight is 652 g/mol. The minimum Gasteiger partial charge on any atom is -0.493 e. The van der Waals surface area contributed by atoms with Gasteiger partial charge >= 0.3 is 12.1 Å². The second-order valence-electron chi connectivity index (χ2n) is 8.04. The van der Waals surface area contributed by atoms with Crippen LogP contribution in [0.25, 0.3) is 6.08 Å². The van der Waals surface area contributed by atoms with Gasteiger partial charge in [-0.25, -0.2) is 4.79 Å².